The number of hydrogen-bond acceptors (Lipinski definition) is 4. The number of hydrogen-bond donors (Lipinski definition) is 1. The average Bonchev–Trinajstić information content (AvgIpc) is 2.84. The van der Waals surface area contributed by atoms with Gasteiger partial charge in [0.1, 0.15) is 5.01 Å². The third kappa shape index (κ3) is 2.02. The first-order valence-corrected chi connectivity index (χ1v) is 7.13. The smallest absolute Gasteiger partial charge is 0.201 e. The summed E-state index contributed by atoms with van der Waals surface area (Å²) in [6, 6.07) is 5.98. The molecule has 2 heterocycles. The second-order valence-corrected chi connectivity index (χ2v) is 5.93. The van der Waals surface area contributed by atoms with Crippen molar-refractivity contribution in [1.82, 2.24) is 14.5 Å². The van der Waals surface area contributed by atoms with Crippen LogP contribution in [0.5, 0.6) is 0 Å². The molecule has 0 bridgehead atoms. The van der Waals surface area contributed by atoms with Crippen molar-refractivity contribution in [2.75, 3.05) is 5.73 Å². The summed E-state index contributed by atoms with van der Waals surface area (Å²) in [7, 11) is 0. The van der Waals surface area contributed by atoms with Gasteiger partial charge in [-0.2, -0.15) is 0 Å². The van der Waals surface area contributed by atoms with E-state index in [4.69, 9.17) is 5.73 Å². The van der Waals surface area contributed by atoms with Crippen molar-refractivity contribution in [3.63, 3.8) is 0 Å². The van der Waals surface area contributed by atoms with Crippen LogP contribution in [-0.2, 0) is 6.54 Å². The van der Waals surface area contributed by atoms with Crippen molar-refractivity contribution >= 4 is 44.2 Å². The van der Waals surface area contributed by atoms with E-state index in [1.165, 1.54) is 0 Å². The van der Waals surface area contributed by atoms with Crippen molar-refractivity contribution in [2.24, 2.45) is 0 Å². The van der Waals surface area contributed by atoms with Crippen LogP contribution >= 0.6 is 27.3 Å². The standard InChI is InChI=1S/C12H11BrN4S/c1-7-6-18-11(15-7)5-17-10-3-2-8(13)4-9(10)16-12(17)14/h2-4,6H,5H2,1H3,(H2,14,16). The number of thiazole rings is 1. The number of nitrogens with zero attached hydrogens (tertiary/aromatic N) is 3. The Morgan fingerprint density at radius 1 is 1.39 bits per heavy atom. The molecule has 0 radical (unpaired) electrons. The molecule has 2 N–H and O–H groups in total. The van der Waals surface area contributed by atoms with Crippen molar-refractivity contribution in [3.8, 4) is 0 Å². The number of benzene rings is 1. The topological polar surface area (TPSA) is 56.7 Å². The minimum Gasteiger partial charge on any atom is -0.369 e. The fourth-order valence-electron chi connectivity index (χ4n) is 1.90. The molecule has 0 aliphatic rings. The van der Waals surface area contributed by atoms with E-state index in [0.29, 0.717) is 12.5 Å². The zero-order chi connectivity index (χ0) is 12.7. The second kappa shape index (κ2) is 4.37. The van der Waals surface area contributed by atoms with E-state index >= 15 is 0 Å². The highest BCUT2D eigenvalue weighted by atomic mass is 79.9. The third-order valence-electron chi connectivity index (χ3n) is 2.70. The van der Waals surface area contributed by atoms with Crippen LogP contribution < -0.4 is 5.73 Å². The zero-order valence-electron chi connectivity index (χ0n) is 9.72. The number of rotatable bonds is 2. The highest BCUT2D eigenvalue weighted by molar-refractivity contribution is 9.10. The summed E-state index contributed by atoms with van der Waals surface area (Å²) in [4.78, 5) is 8.82. The molecule has 0 aliphatic carbocycles. The highest BCUT2D eigenvalue weighted by Gasteiger charge is 2.10. The Hall–Kier alpha value is -1.40. The van der Waals surface area contributed by atoms with Gasteiger partial charge in [-0.15, -0.1) is 11.3 Å². The molecule has 0 unspecified atom stereocenters. The van der Waals surface area contributed by atoms with E-state index in [-0.39, 0.29) is 0 Å². The summed E-state index contributed by atoms with van der Waals surface area (Å²) in [5, 5.41) is 3.09. The average molecular weight is 323 g/mol. The molecule has 0 amide bonds. The van der Waals surface area contributed by atoms with Crippen molar-refractivity contribution in [3.05, 3.63) is 38.8 Å². The SMILES string of the molecule is Cc1csc(Cn2c(N)nc3cc(Br)ccc32)n1. The van der Waals surface area contributed by atoms with Crippen molar-refractivity contribution in [2.45, 2.75) is 13.5 Å². The predicted molar refractivity (Wildman–Crippen MR) is 77.8 cm³/mol. The third-order valence-corrected chi connectivity index (χ3v) is 4.14. The first kappa shape index (κ1) is 11.7. The van der Waals surface area contributed by atoms with Crippen molar-refractivity contribution < 1.29 is 0 Å². The Kier molecular flexibility index (Phi) is 2.83. The van der Waals surface area contributed by atoms with Gasteiger partial charge in [-0.3, -0.25) is 0 Å². The fraction of sp³-hybridized carbons (Fsp3) is 0.167. The molecule has 4 nitrogen and oxygen atoms in total. The lowest BCUT2D eigenvalue weighted by Gasteiger charge is -2.03. The van der Waals surface area contributed by atoms with Gasteiger partial charge in [0.15, 0.2) is 0 Å². The lowest BCUT2D eigenvalue weighted by atomic mass is 10.3. The second-order valence-electron chi connectivity index (χ2n) is 4.07. The van der Waals surface area contributed by atoms with Gasteiger partial charge < -0.3 is 10.3 Å². The highest BCUT2D eigenvalue weighted by Crippen LogP contribution is 2.23. The largest absolute Gasteiger partial charge is 0.369 e. The van der Waals surface area contributed by atoms with E-state index in [9.17, 15) is 0 Å². The van der Waals surface area contributed by atoms with Crippen LogP contribution in [0.3, 0.4) is 0 Å². The number of anilines is 1. The number of imidazole rings is 1. The van der Waals surface area contributed by atoms with Crippen LogP contribution in [0.2, 0.25) is 0 Å². The summed E-state index contributed by atoms with van der Waals surface area (Å²) in [6.45, 7) is 2.66. The monoisotopic (exact) mass is 322 g/mol. The molecular formula is C12H11BrN4S. The Labute approximate surface area is 117 Å². The Balaban J connectivity index is 2.08. The normalized spacial score (nSPS) is 11.2. The molecule has 3 aromatic rings. The van der Waals surface area contributed by atoms with Crippen molar-refractivity contribution in [1.29, 1.82) is 0 Å². The van der Waals surface area contributed by atoms with E-state index in [0.717, 1.165) is 26.2 Å². The number of fused-ring (bicyclic) bond motifs is 1. The van der Waals surface area contributed by atoms with Gasteiger partial charge in [-0.1, -0.05) is 15.9 Å². The van der Waals surface area contributed by atoms with Crippen LogP contribution in [0.25, 0.3) is 11.0 Å². The first-order chi connectivity index (χ1) is 8.63. The predicted octanol–water partition coefficient (Wildman–Crippen LogP) is 3.19. The van der Waals surface area contributed by atoms with Gasteiger partial charge in [0.2, 0.25) is 5.95 Å². The molecule has 6 heteroatoms. The lowest BCUT2D eigenvalue weighted by Crippen LogP contribution is -2.04. The summed E-state index contributed by atoms with van der Waals surface area (Å²) < 4.78 is 2.99. The molecule has 0 saturated heterocycles. The summed E-state index contributed by atoms with van der Waals surface area (Å²) in [6.07, 6.45) is 0. The van der Waals surface area contributed by atoms with E-state index < -0.39 is 0 Å². The Morgan fingerprint density at radius 2 is 2.22 bits per heavy atom. The molecular weight excluding hydrogens is 312 g/mol. The lowest BCUT2D eigenvalue weighted by molar-refractivity contribution is 0.826. The zero-order valence-corrected chi connectivity index (χ0v) is 12.1. The number of aryl methyl sites for hydroxylation is 1. The fourth-order valence-corrected chi connectivity index (χ4v) is 3.01. The molecule has 0 aliphatic heterocycles. The number of aromatic nitrogens is 3. The molecule has 18 heavy (non-hydrogen) atoms. The van der Waals surface area contributed by atoms with Crippen LogP contribution in [0.4, 0.5) is 5.95 Å². The molecule has 2 aromatic heterocycles. The van der Waals surface area contributed by atoms with Crippen LogP contribution in [0, 0.1) is 6.92 Å². The Morgan fingerprint density at radius 3 is 2.94 bits per heavy atom. The van der Waals surface area contributed by atoms with Gasteiger partial charge >= 0.3 is 0 Å². The van der Waals surface area contributed by atoms with Crippen LogP contribution in [0.1, 0.15) is 10.7 Å². The quantitative estimate of drug-likeness (QED) is 0.788. The minimum absolute atomic E-state index is 0.524. The van der Waals surface area contributed by atoms with Gasteiger partial charge in [0.25, 0.3) is 0 Å². The van der Waals surface area contributed by atoms with Gasteiger partial charge in [0, 0.05) is 15.5 Å². The molecule has 0 fully saturated rings. The molecule has 3 rings (SSSR count). The maximum atomic E-state index is 5.97. The Bertz CT molecular complexity index is 716. The first-order valence-electron chi connectivity index (χ1n) is 5.46. The van der Waals surface area contributed by atoms with Gasteiger partial charge in [0.05, 0.1) is 17.6 Å². The van der Waals surface area contributed by atoms with Gasteiger partial charge in [-0.25, -0.2) is 9.97 Å². The molecule has 92 valence electrons. The molecule has 0 saturated carbocycles. The summed E-state index contributed by atoms with van der Waals surface area (Å²) in [5.74, 6) is 0.524. The molecule has 1 aromatic carbocycles. The maximum absolute atomic E-state index is 5.97. The van der Waals surface area contributed by atoms with Gasteiger partial charge in [-0.05, 0) is 25.1 Å². The van der Waals surface area contributed by atoms with E-state index in [1.807, 2.05) is 35.1 Å². The van der Waals surface area contributed by atoms with E-state index in [2.05, 4.69) is 25.9 Å². The van der Waals surface area contributed by atoms with Crippen LogP contribution in [-0.4, -0.2) is 14.5 Å². The van der Waals surface area contributed by atoms with Crippen LogP contribution in [0.15, 0.2) is 28.1 Å². The maximum Gasteiger partial charge on any atom is 0.201 e. The summed E-state index contributed by atoms with van der Waals surface area (Å²) in [5.41, 5.74) is 8.94. The number of nitrogens with two attached hydrogens (primary N) is 1. The molecule has 0 atom stereocenters. The molecule has 0 spiro atoms. The number of halogens is 1. The van der Waals surface area contributed by atoms with E-state index in [1.54, 1.807) is 11.3 Å². The minimum atomic E-state index is 0.524. The summed E-state index contributed by atoms with van der Waals surface area (Å²) >= 11 is 5.08. The number of nitrogen functional groups attached to an aromatic ring is 1.